The summed E-state index contributed by atoms with van der Waals surface area (Å²) in [5, 5.41) is 0. The van der Waals surface area contributed by atoms with Crippen LogP contribution in [0.25, 0.3) is 0 Å². The standard InChI is InChI=1S/C15H28N2O2/c1-3-5-9-16(10-6-4-2)13-15(19)17-11-7-14(18)8-12-17/h3-13H2,1-2H3. The van der Waals surface area contributed by atoms with Gasteiger partial charge in [-0.3, -0.25) is 14.5 Å². The molecule has 0 atom stereocenters. The molecule has 0 unspecified atom stereocenters. The summed E-state index contributed by atoms with van der Waals surface area (Å²) in [6.45, 7) is 8.13. The molecular formula is C15H28N2O2. The van der Waals surface area contributed by atoms with E-state index in [4.69, 9.17) is 0 Å². The molecule has 1 rings (SSSR count). The highest BCUT2D eigenvalue weighted by Gasteiger charge is 2.22. The van der Waals surface area contributed by atoms with Crippen molar-refractivity contribution in [3.63, 3.8) is 0 Å². The van der Waals surface area contributed by atoms with Crippen LogP contribution < -0.4 is 0 Å². The number of unbranched alkanes of at least 4 members (excludes halogenated alkanes) is 2. The number of Topliss-reactive ketones (excluding diaryl/α,β-unsaturated/α-hetero) is 1. The van der Waals surface area contributed by atoms with Gasteiger partial charge in [-0.05, 0) is 25.9 Å². The molecule has 1 fully saturated rings. The van der Waals surface area contributed by atoms with Crippen LogP contribution in [0.15, 0.2) is 0 Å². The molecule has 0 radical (unpaired) electrons. The minimum absolute atomic E-state index is 0.194. The summed E-state index contributed by atoms with van der Waals surface area (Å²) in [7, 11) is 0. The van der Waals surface area contributed by atoms with Crippen molar-refractivity contribution in [2.24, 2.45) is 0 Å². The predicted octanol–water partition coefficient (Wildman–Crippen LogP) is 2.08. The molecule has 0 saturated carbocycles. The second-order valence-corrected chi connectivity index (χ2v) is 5.40. The summed E-state index contributed by atoms with van der Waals surface area (Å²) in [5.41, 5.74) is 0. The van der Waals surface area contributed by atoms with Crippen LogP contribution in [0.5, 0.6) is 0 Å². The zero-order valence-electron chi connectivity index (χ0n) is 12.5. The highest BCUT2D eigenvalue weighted by Crippen LogP contribution is 2.07. The largest absolute Gasteiger partial charge is 0.341 e. The van der Waals surface area contributed by atoms with Gasteiger partial charge in [0.25, 0.3) is 0 Å². The predicted molar refractivity (Wildman–Crippen MR) is 77.1 cm³/mol. The third-order valence-electron chi connectivity index (χ3n) is 3.69. The fourth-order valence-electron chi connectivity index (χ4n) is 2.33. The van der Waals surface area contributed by atoms with Crippen molar-refractivity contribution in [1.82, 2.24) is 9.80 Å². The number of rotatable bonds is 8. The van der Waals surface area contributed by atoms with Crippen molar-refractivity contribution < 1.29 is 9.59 Å². The highest BCUT2D eigenvalue weighted by atomic mass is 16.2. The smallest absolute Gasteiger partial charge is 0.236 e. The highest BCUT2D eigenvalue weighted by molar-refractivity contribution is 5.84. The number of ketones is 1. The molecule has 4 heteroatoms. The molecule has 1 heterocycles. The quantitative estimate of drug-likeness (QED) is 0.677. The Labute approximate surface area is 117 Å². The topological polar surface area (TPSA) is 40.6 Å². The third kappa shape index (κ3) is 6.19. The molecule has 0 N–H and O–H groups in total. The summed E-state index contributed by atoms with van der Waals surface area (Å²) in [6.07, 6.45) is 5.69. The Morgan fingerprint density at radius 2 is 1.63 bits per heavy atom. The van der Waals surface area contributed by atoms with Gasteiger partial charge in [0.1, 0.15) is 5.78 Å². The maximum absolute atomic E-state index is 12.2. The van der Waals surface area contributed by atoms with Gasteiger partial charge in [-0.1, -0.05) is 26.7 Å². The van der Waals surface area contributed by atoms with Gasteiger partial charge in [0.2, 0.25) is 5.91 Å². The molecule has 110 valence electrons. The Balaban J connectivity index is 2.38. The summed E-state index contributed by atoms with van der Waals surface area (Å²) in [4.78, 5) is 27.5. The number of carbonyl (C=O) groups is 2. The van der Waals surface area contributed by atoms with E-state index >= 15 is 0 Å². The Hall–Kier alpha value is -0.900. The van der Waals surface area contributed by atoms with E-state index in [2.05, 4.69) is 18.7 Å². The van der Waals surface area contributed by atoms with Gasteiger partial charge in [-0.2, -0.15) is 0 Å². The summed E-state index contributed by atoms with van der Waals surface area (Å²) < 4.78 is 0. The van der Waals surface area contributed by atoms with Crippen molar-refractivity contribution in [2.75, 3.05) is 32.7 Å². The lowest BCUT2D eigenvalue weighted by Gasteiger charge is -2.29. The fraction of sp³-hybridized carbons (Fsp3) is 0.867. The van der Waals surface area contributed by atoms with Crippen LogP contribution in [0.1, 0.15) is 52.4 Å². The first-order valence-electron chi connectivity index (χ1n) is 7.69. The van der Waals surface area contributed by atoms with Crippen LogP contribution in [-0.4, -0.2) is 54.2 Å². The van der Waals surface area contributed by atoms with Gasteiger partial charge in [0.15, 0.2) is 0 Å². The van der Waals surface area contributed by atoms with Gasteiger partial charge < -0.3 is 4.90 Å². The Morgan fingerprint density at radius 1 is 1.11 bits per heavy atom. The zero-order valence-corrected chi connectivity index (χ0v) is 12.5. The molecule has 1 aliphatic rings. The lowest BCUT2D eigenvalue weighted by Crippen LogP contribution is -2.44. The Kier molecular flexibility index (Phi) is 7.72. The number of nitrogens with zero attached hydrogens (tertiary/aromatic N) is 2. The van der Waals surface area contributed by atoms with Crippen LogP contribution in [0.4, 0.5) is 0 Å². The van der Waals surface area contributed by atoms with Crippen molar-refractivity contribution in [1.29, 1.82) is 0 Å². The molecule has 1 aliphatic heterocycles. The molecule has 1 amide bonds. The molecule has 4 nitrogen and oxygen atoms in total. The molecule has 0 aromatic heterocycles. The number of hydrogen-bond donors (Lipinski definition) is 0. The van der Waals surface area contributed by atoms with Gasteiger partial charge in [0.05, 0.1) is 6.54 Å². The maximum atomic E-state index is 12.2. The Morgan fingerprint density at radius 3 is 2.11 bits per heavy atom. The summed E-state index contributed by atoms with van der Waals surface area (Å²) in [5.74, 6) is 0.484. The second-order valence-electron chi connectivity index (χ2n) is 5.40. The number of piperidine rings is 1. The minimum atomic E-state index is 0.194. The second kappa shape index (κ2) is 9.08. The monoisotopic (exact) mass is 268 g/mol. The van der Waals surface area contributed by atoms with Crippen LogP contribution in [-0.2, 0) is 9.59 Å². The van der Waals surface area contributed by atoms with E-state index < -0.39 is 0 Å². The van der Waals surface area contributed by atoms with E-state index in [0.717, 1.165) is 38.8 Å². The number of likely N-dealkylation sites (tertiary alicyclic amines) is 1. The molecule has 0 aromatic rings. The normalized spacial score (nSPS) is 16.2. The third-order valence-corrected chi connectivity index (χ3v) is 3.69. The van der Waals surface area contributed by atoms with E-state index in [9.17, 15) is 9.59 Å². The molecule has 0 aliphatic carbocycles. The van der Waals surface area contributed by atoms with E-state index in [-0.39, 0.29) is 11.7 Å². The van der Waals surface area contributed by atoms with Crippen molar-refractivity contribution in [2.45, 2.75) is 52.4 Å². The maximum Gasteiger partial charge on any atom is 0.236 e. The van der Waals surface area contributed by atoms with Crippen molar-refractivity contribution >= 4 is 11.7 Å². The first-order chi connectivity index (χ1) is 9.17. The lowest BCUT2D eigenvalue weighted by molar-refractivity contribution is -0.135. The van der Waals surface area contributed by atoms with Gasteiger partial charge in [-0.15, -0.1) is 0 Å². The van der Waals surface area contributed by atoms with Gasteiger partial charge in [0, 0.05) is 25.9 Å². The minimum Gasteiger partial charge on any atom is -0.341 e. The molecule has 19 heavy (non-hydrogen) atoms. The van der Waals surface area contributed by atoms with Gasteiger partial charge in [-0.25, -0.2) is 0 Å². The summed E-state index contributed by atoms with van der Waals surface area (Å²) in [6, 6.07) is 0. The number of carbonyl (C=O) groups excluding carboxylic acids is 2. The lowest BCUT2D eigenvalue weighted by atomic mass is 10.1. The van der Waals surface area contributed by atoms with Crippen LogP contribution in [0.2, 0.25) is 0 Å². The SMILES string of the molecule is CCCCN(CCCC)CC(=O)N1CCC(=O)CC1. The van der Waals surface area contributed by atoms with E-state index in [1.165, 1.54) is 0 Å². The van der Waals surface area contributed by atoms with Crippen molar-refractivity contribution in [3.8, 4) is 0 Å². The van der Waals surface area contributed by atoms with E-state index in [0.29, 0.717) is 32.5 Å². The molecule has 0 spiro atoms. The fourth-order valence-corrected chi connectivity index (χ4v) is 2.33. The summed E-state index contributed by atoms with van der Waals surface area (Å²) >= 11 is 0. The Bertz CT molecular complexity index is 274. The van der Waals surface area contributed by atoms with E-state index in [1.807, 2.05) is 4.90 Å². The van der Waals surface area contributed by atoms with Crippen LogP contribution in [0.3, 0.4) is 0 Å². The van der Waals surface area contributed by atoms with Crippen molar-refractivity contribution in [3.05, 3.63) is 0 Å². The zero-order chi connectivity index (χ0) is 14.1. The number of hydrogen-bond acceptors (Lipinski definition) is 3. The van der Waals surface area contributed by atoms with Gasteiger partial charge >= 0.3 is 0 Å². The molecule has 1 saturated heterocycles. The molecule has 0 aromatic carbocycles. The molecular weight excluding hydrogens is 240 g/mol. The first kappa shape index (κ1) is 16.2. The van der Waals surface area contributed by atoms with E-state index in [1.54, 1.807) is 0 Å². The average molecular weight is 268 g/mol. The van der Waals surface area contributed by atoms with Crippen LogP contribution >= 0.6 is 0 Å². The molecule has 0 bridgehead atoms. The first-order valence-corrected chi connectivity index (χ1v) is 7.69. The van der Waals surface area contributed by atoms with Crippen LogP contribution in [0, 0.1) is 0 Å². The number of amides is 1. The average Bonchev–Trinajstić information content (AvgIpc) is 2.42.